The standard InChI is InChI=1S/C14H15FN2/c15-13-5-1-3-11(7-13)8-14(16)9-12-4-2-6-17-10-12/h1-7,10,14H,8-9,16H2. The molecule has 1 aromatic heterocycles. The van der Waals surface area contributed by atoms with E-state index in [0.717, 1.165) is 17.5 Å². The molecule has 0 spiro atoms. The molecule has 0 saturated carbocycles. The molecular weight excluding hydrogens is 215 g/mol. The SMILES string of the molecule is NC(Cc1cccnc1)Cc1cccc(F)c1. The van der Waals surface area contributed by atoms with E-state index in [4.69, 9.17) is 5.73 Å². The summed E-state index contributed by atoms with van der Waals surface area (Å²) in [5.74, 6) is -0.212. The maximum atomic E-state index is 13.0. The number of rotatable bonds is 4. The van der Waals surface area contributed by atoms with Crippen molar-refractivity contribution in [1.29, 1.82) is 0 Å². The zero-order chi connectivity index (χ0) is 12.1. The van der Waals surface area contributed by atoms with Crippen LogP contribution >= 0.6 is 0 Å². The molecule has 1 atom stereocenters. The topological polar surface area (TPSA) is 38.9 Å². The van der Waals surface area contributed by atoms with E-state index in [1.807, 2.05) is 24.4 Å². The van der Waals surface area contributed by atoms with Crippen molar-refractivity contribution in [2.45, 2.75) is 18.9 Å². The summed E-state index contributed by atoms with van der Waals surface area (Å²) >= 11 is 0. The van der Waals surface area contributed by atoms with Gasteiger partial charge in [-0.3, -0.25) is 4.98 Å². The first-order valence-corrected chi connectivity index (χ1v) is 5.63. The smallest absolute Gasteiger partial charge is 0.123 e. The van der Waals surface area contributed by atoms with Crippen LogP contribution in [0.3, 0.4) is 0 Å². The van der Waals surface area contributed by atoms with Crippen LogP contribution in [0.15, 0.2) is 48.8 Å². The monoisotopic (exact) mass is 230 g/mol. The summed E-state index contributed by atoms with van der Waals surface area (Å²) < 4.78 is 13.0. The van der Waals surface area contributed by atoms with Crippen molar-refractivity contribution in [3.8, 4) is 0 Å². The van der Waals surface area contributed by atoms with Crippen LogP contribution in [0.1, 0.15) is 11.1 Å². The van der Waals surface area contributed by atoms with Crippen molar-refractivity contribution in [2.75, 3.05) is 0 Å². The fourth-order valence-electron chi connectivity index (χ4n) is 1.86. The molecule has 2 aromatic rings. The fraction of sp³-hybridized carbons (Fsp3) is 0.214. The van der Waals surface area contributed by atoms with Crippen LogP contribution in [0.25, 0.3) is 0 Å². The highest BCUT2D eigenvalue weighted by Gasteiger charge is 2.06. The predicted octanol–water partition coefficient (Wildman–Crippen LogP) is 2.33. The first kappa shape index (κ1) is 11.7. The van der Waals surface area contributed by atoms with Crippen molar-refractivity contribution in [1.82, 2.24) is 4.98 Å². The van der Waals surface area contributed by atoms with E-state index < -0.39 is 0 Å². The highest BCUT2D eigenvalue weighted by molar-refractivity contribution is 5.18. The summed E-state index contributed by atoms with van der Waals surface area (Å²) in [5, 5.41) is 0. The van der Waals surface area contributed by atoms with E-state index in [1.165, 1.54) is 12.1 Å². The van der Waals surface area contributed by atoms with Gasteiger partial charge in [0, 0.05) is 18.4 Å². The van der Waals surface area contributed by atoms with E-state index in [2.05, 4.69) is 4.98 Å². The molecule has 0 radical (unpaired) electrons. The van der Waals surface area contributed by atoms with Crippen LogP contribution in [0.2, 0.25) is 0 Å². The lowest BCUT2D eigenvalue weighted by Gasteiger charge is -2.11. The number of benzene rings is 1. The number of nitrogens with zero attached hydrogens (tertiary/aromatic N) is 1. The molecule has 0 aliphatic heterocycles. The molecule has 17 heavy (non-hydrogen) atoms. The molecule has 0 bridgehead atoms. The lowest BCUT2D eigenvalue weighted by molar-refractivity contribution is 0.618. The maximum absolute atomic E-state index is 13.0. The van der Waals surface area contributed by atoms with Crippen LogP contribution in [0.5, 0.6) is 0 Å². The Kier molecular flexibility index (Phi) is 3.83. The van der Waals surface area contributed by atoms with E-state index >= 15 is 0 Å². The Morgan fingerprint density at radius 1 is 1.12 bits per heavy atom. The highest BCUT2D eigenvalue weighted by atomic mass is 19.1. The minimum absolute atomic E-state index is 0.0130. The Bertz CT molecular complexity index is 471. The van der Waals surface area contributed by atoms with Gasteiger partial charge in [-0.2, -0.15) is 0 Å². The quantitative estimate of drug-likeness (QED) is 0.875. The summed E-state index contributed by atoms with van der Waals surface area (Å²) in [5.41, 5.74) is 8.08. The van der Waals surface area contributed by atoms with Gasteiger partial charge in [0.2, 0.25) is 0 Å². The number of hydrogen-bond donors (Lipinski definition) is 1. The van der Waals surface area contributed by atoms with Gasteiger partial charge < -0.3 is 5.73 Å². The zero-order valence-electron chi connectivity index (χ0n) is 9.51. The first-order valence-electron chi connectivity index (χ1n) is 5.63. The third-order valence-electron chi connectivity index (χ3n) is 2.61. The first-order chi connectivity index (χ1) is 8.24. The molecule has 1 heterocycles. The highest BCUT2D eigenvalue weighted by Crippen LogP contribution is 2.08. The molecule has 0 fully saturated rings. The zero-order valence-corrected chi connectivity index (χ0v) is 9.51. The van der Waals surface area contributed by atoms with Crippen LogP contribution in [-0.4, -0.2) is 11.0 Å². The van der Waals surface area contributed by atoms with Gasteiger partial charge in [-0.25, -0.2) is 4.39 Å². The third kappa shape index (κ3) is 3.64. The summed E-state index contributed by atoms with van der Waals surface area (Å²) in [6.07, 6.45) is 4.98. The van der Waals surface area contributed by atoms with Crippen molar-refractivity contribution in [3.05, 3.63) is 65.7 Å². The summed E-state index contributed by atoms with van der Waals surface area (Å²) in [7, 11) is 0. The van der Waals surface area contributed by atoms with Crippen molar-refractivity contribution < 1.29 is 4.39 Å². The molecule has 2 rings (SSSR count). The van der Waals surface area contributed by atoms with Crippen molar-refractivity contribution >= 4 is 0 Å². The van der Waals surface area contributed by atoms with Crippen LogP contribution in [0, 0.1) is 5.82 Å². The molecule has 0 aliphatic rings. The van der Waals surface area contributed by atoms with Gasteiger partial charge >= 0.3 is 0 Å². The molecule has 0 saturated heterocycles. The van der Waals surface area contributed by atoms with E-state index in [9.17, 15) is 4.39 Å². The molecule has 1 unspecified atom stereocenters. The average molecular weight is 230 g/mol. The molecule has 0 aliphatic carbocycles. The Labute approximate surface area is 100 Å². The number of halogens is 1. The third-order valence-corrected chi connectivity index (χ3v) is 2.61. The van der Waals surface area contributed by atoms with Gasteiger partial charge in [0.1, 0.15) is 5.82 Å². The minimum Gasteiger partial charge on any atom is -0.327 e. The fourth-order valence-corrected chi connectivity index (χ4v) is 1.86. The van der Waals surface area contributed by atoms with E-state index in [1.54, 1.807) is 12.3 Å². The van der Waals surface area contributed by atoms with Gasteiger partial charge in [0.25, 0.3) is 0 Å². The largest absolute Gasteiger partial charge is 0.327 e. The van der Waals surface area contributed by atoms with Crippen molar-refractivity contribution in [3.63, 3.8) is 0 Å². The normalized spacial score (nSPS) is 12.4. The van der Waals surface area contributed by atoms with Crippen LogP contribution in [0.4, 0.5) is 4.39 Å². The number of aromatic nitrogens is 1. The van der Waals surface area contributed by atoms with Gasteiger partial charge in [-0.05, 0) is 42.2 Å². The summed E-state index contributed by atoms with van der Waals surface area (Å²) in [4.78, 5) is 4.04. The Hall–Kier alpha value is -1.74. The second-order valence-electron chi connectivity index (χ2n) is 4.16. The lowest BCUT2D eigenvalue weighted by Crippen LogP contribution is -2.25. The molecule has 3 heteroatoms. The number of nitrogens with two attached hydrogens (primary N) is 1. The van der Waals surface area contributed by atoms with Crippen LogP contribution < -0.4 is 5.73 Å². The second-order valence-corrected chi connectivity index (χ2v) is 4.16. The lowest BCUT2D eigenvalue weighted by atomic mass is 10.0. The van der Waals surface area contributed by atoms with Gasteiger partial charge in [0.15, 0.2) is 0 Å². The number of hydrogen-bond acceptors (Lipinski definition) is 2. The van der Waals surface area contributed by atoms with Gasteiger partial charge in [-0.15, -0.1) is 0 Å². The van der Waals surface area contributed by atoms with Gasteiger partial charge in [-0.1, -0.05) is 18.2 Å². The van der Waals surface area contributed by atoms with Crippen molar-refractivity contribution in [2.24, 2.45) is 5.73 Å². The molecule has 0 amide bonds. The molecule has 1 aromatic carbocycles. The Morgan fingerprint density at radius 2 is 1.88 bits per heavy atom. The van der Waals surface area contributed by atoms with Gasteiger partial charge in [0.05, 0.1) is 0 Å². The average Bonchev–Trinajstić information content (AvgIpc) is 2.30. The minimum atomic E-state index is -0.212. The summed E-state index contributed by atoms with van der Waals surface area (Å²) in [6, 6.07) is 10.5. The molecule has 2 N–H and O–H groups in total. The number of pyridine rings is 1. The van der Waals surface area contributed by atoms with E-state index in [0.29, 0.717) is 6.42 Å². The maximum Gasteiger partial charge on any atom is 0.123 e. The predicted molar refractivity (Wildman–Crippen MR) is 66.0 cm³/mol. The second kappa shape index (κ2) is 5.55. The molecule has 2 nitrogen and oxygen atoms in total. The van der Waals surface area contributed by atoms with Crippen LogP contribution in [-0.2, 0) is 12.8 Å². The van der Waals surface area contributed by atoms with E-state index in [-0.39, 0.29) is 11.9 Å². The Morgan fingerprint density at radius 3 is 2.59 bits per heavy atom. The summed E-state index contributed by atoms with van der Waals surface area (Å²) in [6.45, 7) is 0. The Balaban J connectivity index is 1.96. The molecular formula is C14H15FN2. The molecule has 88 valence electrons.